The summed E-state index contributed by atoms with van der Waals surface area (Å²) < 4.78 is 87.5. The third-order valence-corrected chi connectivity index (χ3v) is 18.9. The minimum absolute atomic E-state index is 0.117. The van der Waals surface area contributed by atoms with E-state index >= 15 is 0 Å². The lowest BCUT2D eigenvalue weighted by Crippen LogP contribution is -2.71. The van der Waals surface area contributed by atoms with Crippen molar-refractivity contribution >= 4 is 30.5 Å². The third kappa shape index (κ3) is 18.6. The smallest absolute Gasteiger partial charge is 0.412 e. The van der Waals surface area contributed by atoms with Crippen molar-refractivity contribution in [3.8, 4) is 0 Å². The average molecular weight is 1460 g/mol. The van der Waals surface area contributed by atoms with E-state index in [1.165, 1.54) is 4.90 Å². The van der Waals surface area contributed by atoms with Gasteiger partial charge in [-0.1, -0.05) is 212 Å². The van der Waals surface area contributed by atoms with Gasteiger partial charge in [-0.25, -0.2) is 24.0 Å². The van der Waals surface area contributed by atoms with Crippen LogP contribution in [0.2, 0.25) is 0 Å². The molecule has 1 saturated carbocycles. The summed E-state index contributed by atoms with van der Waals surface area (Å²) in [4.78, 5) is 71.9. The van der Waals surface area contributed by atoms with Gasteiger partial charge in [-0.3, -0.25) is 4.90 Å². The first kappa shape index (κ1) is 74.6. The quantitative estimate of drug-likeness (QED) is 0.0322. The second-order valence-electron chi connectivity index (χ2n) is 26.1. The summed E-state index contributed by atoms with van der Waals surface area (Å²) in [6.07, 6.45) is -32.4. The molecule has 29 heteroatoms. The zero-order valence-electron chi connectivity index (χ0n) is 57.1. The SMILES string of the molecule is O=C(N[C@H]1[C@@H](O[C@H]2[C@@H](O)[C@H](O[C@@H]3[C@@H](O)[C@H](NC(=O)OCc4ccccc4)C[C@H](NC(=O)OCc4ccccc4)[C@H]3O[C@H]3O[C@@H]4COC(c5ccccc5)O[C@H]4[C@H](O)[C@H]3NC(=O)OCc3ccccc3)O[C@@H]2CO)O[C@H]2CN(C(=O)OCc3ccccc3)C(c3ccccc3)O[C@H]2[C@@H]1O)OCc1ccccc1. The molecule has 560 valence electrons. The summed E-state index contributed by atoms with van der Waals surface area (Å²) in [6.45, 7) is -2.38. The van der Waals surface area contributed by atoms with Crippen LogP contribution in [0.3, 0.4) is 0 Å². The number of nitrogens with one attached hydrogen (secondary N) is 4. The van der Waals surface area contributed by atoms with Crippen molar-refractivity contribution < 1.29 is 116 Å². The number of hydrogen-bond acceptors (Lipinski definition) is 24. The number of aliphatic hydroxyl groups is 5. The Bertz CT molecular complexity index is 3950. The van der Waals surface area contributed by atoms with Gasteiger partial charge in [-0.05, 0) is 34.2 Å². The molecule has 2 unspecified atom stereocenters. The number of benzene rings is 7. The number of carbonyl (C=O) groups excluding carboxylic acids is 5. The minimum Gasteiger partial charge on any atom is -0.445 e. The maximum absolute atomic E-state index is 14.3. The number of alkyl carbamates (subject to hydrolysis) is 4. The zero-order valence-corrected chi connectivity index (χ0v) is 57.1. The first-order valence-electron chi connectivity index (χ1n) is 34.8. The molecule has 0 radical (unpaired) electrons. The number of ether oxygens (including phenoxy) is 14. The van der Waals surface area contributed by atoms with Gasteiger partial charge in [0.25, 0.3) is 0 Å². The van der Waals surface area contributed by atoms with Crippen molar-refractivity contribution in [3.63, 3.8) is 0 Å². The summed E-state index contributed by atoms with van der Waals surface area (Å²) >= 11 is 0. The molecular formula is C77H83N5O24. The van der Waals surface area contributed by atoms with Crippen molar-refractivity contribution in [3.05, 3.63) is 251 Å². The Morgan fingerprint density at radius 1 is 0.396 bits per heavy atom. The number of rotatable bonds is 23. The topological polar surface area (TPSA) is 367 Å². The van der Waals surface area contributed by atoms with Gasteiger partial charge in [-0.2, -0.15) is 0 Å². The number of hydrogen-bond donors (Lipinski definition) is 9. The molecule has 6 aliphatic rings. The standard InChI is InChI=1S/C77H83N5O24/c83-38-55-65(105-70-57(80-75(90)96-41-47-26-12-3-13-27-47)60(85)64-54(99-70)37-82(68(102-64)50-32-18-6-19-33-50)77(92)98-43-49-30-16-5-17-31-49)62(87)72(100-55)106-67-59(84)52(78-73(88)94-39-45-22-8-1-9-23-45)36-53(79-74(89)95-40-46-24-10-2-11-25-46)63(67)103-71-58(81-76(91)97-42-48-28-14-4-15-29-48)61(86)66-56(101-71)44-93-69(104-66)51-34-20-7-21-35-51/h1-35,52-72,83-87H,36-44H2,(H,78,88)(H,79,89)(H,80,90)(H,81,91)/t52-,53+,54+,55-,56-,57-,58-,59+,60-,61-,62-,63-,64-,65-,66-,67-,68?,69?,70-,71-,72+/m1/s1. The molecule has 5 amide bonds. The molecule has 0 bridgehead atoms. The normalized spacial score (nSPS) is 30.4. The van der Waals surface area contributed by atoms with Gasteiger partial charge in [0.15, 0.2) is 31.4 Å². The Labute approximate surface area is 609 Å². The van der Waals surface area contributed by atoms with Crippen molar-refractivity contribution in [1.82, 2.24) is 26.2 Å². The molecule has 29 nitrogen and oxygen atoms in total. The van der Waals surface area contributed by atoms with Crippen LogP contribution in [-0.4, -0.2) is 197 Å². The van der Waals surface area contributed by atoms with Crippen LogP contribution < -0.4 is 21.3 Å². The Morgan fingerprint density at radius 2 is 0.792 bits per heavy atom. The molecule has 5 heterocycles. The Kier molecular flexibility index (Phi) is 25.1. The molecule has 106 heavy (non-hydrogen) atoms. The largest absolute Gasteiger partial charge is 0.445 e. The first-order chi connectivity index (χ1) is 51.7. The zero-order chi connectivity index (χ0) is 73.5. The highest BCUT2D eigenvalue weighted by molar-refractivity contribution is 5.70. The molecule has 13 rings (SSSR count). The first-order valence-corrected chi connectivity index (χ1v) is 34.8. The number of aliphatic hydroxyl groups excluding tert-OH is 5. The maximum atomic E-state index is 14.3. The minimum atomic E-state index is -2.04. The van der Waals surface area contributed by atoms with Crippen LogP contribution in [-0.2, 0) is 99.4 Å². The van der Waals surface area contributed by atoms with Gasteiger partial charge in [0.2, 0.25) is 0 Å². The van der Waals surface area contributed by atoms with E-state index in [9.17, 15) is 49.5 Å². The predicted octanol–water partition coefficient (Wildman–Crippen LogP) is 6.19. The monoisotopic (exact) mass is 1460 g/mol. The van der Waals surface area contributed by atoms with Gasteiger partial charge >= 0.3 is 30.5 Å². The third-order valence-electron chi connectivity index (χ3n) is 18.9. The van der Waals surface area contributed by atoms with Gasteiger partial charge in [-0.15, -0.1) is 0 Å². The molecule has 0 aromatic heterocycles. The van der Waals surface area contributed by atoms with E-state index in [-0.39, 0.29) is 46.2 Å². The second kappa shape index (κ2) is 35.6. The van der Waals surface area contributed by atoms with Crippen LogP contribution in [0.15, 0.2) is 212 Å². The number of nitrogens with zero attached hydrogens (tertiary/aromatic N) is 1. The molecule has 7 aromatic carbocycles. The fourth-order valence-electron chi connectivity index (χ4n) is 13.6. The van der Waals surface area contributed by atoms with Crippen LogP contribution in [0.1, 0.15) is 57.9 Å². The Morgan fingerprint density at radius 3 is 1.26 bits per heavy atom. The van der Waals surface area contributed by atoms with E-state index < -0.39 is 172 Å². The lowest BCUT2D eigenvalue weighted by molar-refractivity contribution is -0.358. The van der Waals surface area contributed by atoms with Crippen LogP contribution >= 0.6 is 0 Å². The van der Waals surface area contributed by atoms with Gasteiger partial charge < -0.3 is 113 Å². The average Bonchev–Trinajstić information content (AvgIpc) is 1.02. The van der Waals surface area contributed by atoms with Crippen molar-refractivity contribution in [2.24, 2.45) is 0 Å². The molecule has 7 aromatic rings. The van der Waals surface area contributed by atoms with Gasteiger partial charge in [0, 0.05) is 11.1 Å². The lowest BCUT2D eigenvalue weighted by Gasteiger charge is -2.51. The summed E-state index contributed by atoms with van der Waals surface area (Å²) in [5.41, 5.74) is 4.28. The maximum Gasteiger partial charge on any atom is 0.412 e. The van der Waals surface area contributed by atoms with Crippen molar-refractivity contribution in [2.75, 3.05) is 19.8 Å². The van der Waals surface area contributed by atoms with E-state index in [1.807, 2.05) is 6.07 Å². The molecule has 6 fully saturated rings. The van der Waals surface area contributed by atoms with Crippen LogP contribution in [0.25, 0.3) is 0 Å². The van der Waals surface area contributed by atoms with Crippen molar-refractivity contribution in [2.45, 2.75) is 168 Å². The highest BCUT2D eigenvalue weighted by Crippen LogP contribution is 2.41. The highest BCUT2D eigenvalue weighted by atomic mass is 16.8. The highest BCUT2D eigenvalue weighted by Gasteiger charge is 2.59. The lowest BCUT2D eigenvalue weighted by atomic mass is 9.83. The van der Waals surface area contributed by atoms with E-state index in [0.717, 1.165) is 0 Å². The van der Waals surface area contributed by atoms with Crippen LogP contribution in [0.5, 0.6) is 0 Å². The fourth-order valence-corrected chi connectivity index (χ4v) is 13.6. The van der Waals surface area contributed by atoms with E-state index in [2.05, 4.69) is 21.3 Å². The van der Waals surface area contributed by atoms with Crippen LogP contribution in [0, 0.1) is 0 Å². The number of amides is 5. The summed E-state index contributed by atoms with van der Waals surface area (Å²) in [6, 6.07) is 55.5. The Hall–Kier alpha value is -9.67. The van der Waals surface area contributed by atoms with Crippen molar-refractivity contribution in [1.29, 1.82) is 0 Å². The second-order valence-corrected chi connectivity index (χ2v) is 26.1. The number of carbonyl (C=O) groups is 5. The summed E-state index contributed by atoms with van der Waals surface area (Å²) in [5, 5.41) is 73.0. The molecule has 1 aliphatic carbocycles. The Balaban J connectivity index is 0.818. The predicted molar refractivity (Wildman–Crippen MR) is 368 cm³/mol. The fraction of sp³-hybridized carbons (Fsp3) is 0.390. The van der Waals surface area contributed by atoms with Gasteiger partial charge in [0.05, 0.1) is 31.8 Å². The summed E-state index contributed by atoms with van der Waals surface area (Å²) in [5.74, 6) is 0. The number of fused-ring (bicyclic) bond motifs is 2. The molecule has 5 aliphatic heterocycles. The molecule has 5 saturated heterocycles. The van der Waals surface area contributed by atoms with Gasteiger partial charge in [0.1, 0.15) is 118 Å². The van der Waals surface area contributed by atoms with Crippen LogP contribution in [0.4, 0.5) is 24.0 Å². The van der Waals surface area contributed by atoms with E-state index in [0.29, 0.717) is 38.9 Å². The van der Waals surface area contributed by atoms with E-state index in [4.69, 9.17) is 66.3 Å². The molecule has 21 atom stereocenters. The van der Waals surface area contributed by atoms with E-state index in [1.54, 1.807) is 206 Å². The molecule has 0 spiro atoms. The molecule has 9 N–H and O–H groups in total. The summed E-state index contributed by atoms with van der Waals surface area (Å²) in [7, 11) is 0. The molecular weight excluding hydrogens is 1380 g/mol.